The van der Waals surface area contributed by atoms with Crippen molar-refractivity contribution in [1.82, 2.24) is 25.3 Å². The monoisotopic (exact) mass is 357 g/mol. The highest BCUT2D eigenvalue weighted by Crippen LogP contribution is 2.15. The van der Waals surface area contributed by atoms with Crippen molar-refractivity contribution in [3.8, 4) is 0 Å². The summed E-state index contributed by atoms with van der Waals surface area (Å²) >= 11 is 0. The molecule has 3 heterocycles. The Balaban J connectivity index is 1.65. The van der Waals surface area contributed by atoms with Gasteiger partial charge in [-0.3, -0.25) is 4.79 Å². The zero-order valence-electron chi connectivity index (χ0n) is 15.1. The summed E-state index contributed by atoms with van der Waals surface area (Å²) in [6, 6.07) is 3.50. The molecule has 0 radical (unpaired) electrons. The Kier molecular flexibility index (Phi) is 5.90. The molecule has 26 heavy (non-hydrogen) atoms. The molecule has 0 atom stereocenters. The Morgan fingerprint density at radius 1 is 1.12 bits per heavy atom. The second-order valence-electron chi connectivity index (χ2n) is 5.97. The number of nitrogens with zero attached hydrogens (tertiary/aromatic N) is 6. The SMILES string of the molecule is COCCNC(=O)c1cc(C)nc(N2CCN(c3ncccn3)CC2)n1. The minimum atomic E-state index is -0.217. The maximum Gasteiger partial charge on any atom is 0.270 e. The van der Waals surface area contributed by atoms with Gasteiger partial charge in [-0.15, -0.1) is 0 Å². The maximum atomic E-state index is 12.2. The molecule has 138 valence electrons. The predicted molar refractivity (Wildman–Crippen MR) is 97.4 cm³/mol. The third-order valence-corrected chi connectivity index (χ3v) is 4.06. The molecule has 9 nitrogen and oxygen atoms in total. The molecule has 0 aliphatic carbocycles. The fraction of sp³-hybridized carbons (Fsp3) is 0.471. The van der Waals surface area contributed by atoms with Crippen molar-refractivity contribution in [3.05, 3.63) is 35.9 Å². The van der Waals surface area contributed by atoms with Gasteiger partial charge in [0.15, 0.2) is 0 Å². The number of ether oxygens (including phenoxy) is 1. The molecule has 0 unspecified atom stereocenters. The van der Waals surface area contributed by atoms with Crippen molar-refractivity contribution in [3.63, 3.8) is 0 Å². The van der Waals surface area contributed by atoms with E-state index in [0.717, 1.165) is 37.8 Å². The molecule has 1 aliphatic rings. The number of carbonyl (C=O) groups excluding carboxylic acids is 1. The molecule has 0 saturated carbocycles. The van der Waals surface area contributed by atoms with Crippen molar-refractivity contribution in [2.45, 2.75) is 6.92 Å². The van der Waals surface area contributed by atoms with Gasteiger partial charge in [0.2, 0.25) is 11.9 Å². The summed E-state index contributed by atoms with van der Waals surface area (Å²) in [5.41, 5.74) is 1.14. The van der Waals surface area contributed by atoms with E-state index >= 15 is 0 Å². The number of piperazine rings is 1. The molecule has 9 heteroatoms. The van der Waals surface area contributed by atoms with Crippen molar-refractivity contribution >= 4 is 17.8 Å². The standard InChI is InChI=1S/C17H23N7O2/c1-13-12-14(15(25)18-6-11-26-2)22-17(21-13)24-9-7-23(8-10-24)16-19-4-3-5-20-16/h3-5,12H,6-11H2,1-2H3,(H,18,25). The number of rotatable bonds is 6. The van der Waals surface area contributed by atoms with E-state index in [0.29, 0.717) is 24.8 Å². The molecule has 1 fully saturated rings. The largest absolute Gasteiger partial charge is 0.383 e. The van der Waals surface area contributed by atoms with Crippen LogP contribution in [0.2, 0.25) is 0 Å². The predicted octanol–water partition coefficient (Wildman–Crippen LogP) is 0.278. The summed E-state index contributed by atoms with van der Waals surface area (Å²) in [7, 11) is 1.60. The van der Waals surface area contributed by atoms with E-state index < -0.39 is 0 Å². The number of aryl methyl sites for hydroxylation is 1. The van der Waals surface area contributed by atoms with Crippen LogP contribution in [0.5, 0.6) is 0 Å². The summed E-state index contributed by atoms with van der Waals surface area (Å²) in [5, 5.41) is 2.79. The molecule has 1 saturated heterocycles. The van der Waals surface area contributed by atoms with Crippen LogP contribution in [0.15, 0.2) is 24.5 Å². The van der Waals surface area contributed by atoms with Crippen LogP contribution in [0, 0.1) is 6.92 Å². The second-order valence-corrected chi connectivity index (χ2v) is 5.97. The van der Waals surface area contributed by atoms with Crippen LogP contribution in [0.3, 0.4) is 0 Å². The van der Waals surface area contributed by atoms with Gasteiger partial charge in [0, 0.05) is 57.9 Å². The van der Waals surface area contributed by atoms with E-state index in [1.54, 1.807) is 31.6 Å². The summed E-state index contributed by atoms with van der Waals surface area (Å²) in [4.78, 5) is 34.0. The van der Waals surface area contributed by atoms with Gasteiger partial charge in [-0.25, -0.2) is 19.9 Å². The number of amides is 1. The Hall–Kier alpha value is -2.81. The van der Waals surface area contributed by atoms with Gasteiger partial charge in [0.25, 0.3) is 5.91 Å². The first-order valence-electron chi connectivity index (χ1n) is 8.57. The molecule has 0 bridgehead atoms. The van der Waals surface area contributed by atoms with E-state index in [2.05, 4.69) is 35.1 Å². The Bertz CT molecular complexity index is 733. The highest BCUT2D eigenvalue weighted by molar-refractivity contribution is 5.92. The molecule has 1 amide bonds. The molecule has 0 spiro atoms. The average molecular weight is 357 g/mol. The van der Waals surface area contributed by atoms with Gasteiger partial charge in [0.05, 0.1) is 6.61 Å². The van der Waals surface area contributed by atoms with Crippen molar-refractivity contribution in [1.29, 1.82) is 0 Å². The van der Waals surface area contributed by atoms with E-state index in [1.807, 2.05) is 6.92 Å². The fourth-order valence-electron chi connectivity index (χ4n) is 2.73. The van der Waals surface area contributed by atoms with Crippen molar-refractivity contribution in [2.24, 2.45) is 0 Å². The van der Waals surface area contributed by atoms with E-state index in [1.165, 1.54) is 0 Å². The lowest BCUT2D eigenvalue weighted by atomic mass is 10.3. The molecular formula is C17H23N7O2. The van der Waals surface area contributed by atoms with Gasteiger partial charge >= 0.3 is 0 Å². The Labute approximate surface area is 152 Å². The number of hydrogen-bond donors (Lipinski definition) is 1. The van der Waals surface area contributed by atoms with Crippen LogP contribution in [0.4, 0.5) is 11.9 Å². The van der Waals surface area contributed by atoms with Crippen LogP contribution >= 0.6 is 0 Å². The normalized spacial score (nSPS) is 14.4. The first kappa shape index (κ1) is 18.0. The number of nitrogens with one attached hydrogen (secondary N) is 1. The number of anilines is 2. The van der Waals surface area contributed by atoms with Gasteiger partial charge < -0.3 is 19.9 Å². The van der Waals surface area contributed by atoms with E-state index in [-0.39, 0.29) is 5.91 Å². The average Bonchev–Trinajstić information content (AvgIpc) is 2.68. The molecule has 3 rings (SSSR count). The Morgan fingerprint density at radius 3 is 2.42 bits per heavy atom. The highest BCUT2D eigenvalue weighted by Gasteiger charge is 2.22. The third-order valence-electron chi connectivity index (χ3n) is 4.06. The fourth-order valence-corrected chi connectivity index (χ4v) is 2.73. The topological polar surface area (TPSA) is 96.4 Å². The lowest BCUT2D eigenvalue weighted by Gasteiger charge is -2.34. The second kappa shape index (κ2) is 8.52. The van der Waals surface area contributed by atoms with Crippen LogP contribution in [0.25, 0.3) is 0 Å². The Morgan fingerprint density at radius 2 is 1.77 bits per heavy atom. The molecule has 0 aromatic carbocycles. The minimum Gasteiger partial charge on any atom is -0.383 e. The summed E-state index contributed by atoms with van der Waals surface area (Å²) in [6.45, 7) is 5.81. The number of methoxy groups -OCH3 is 1. The van der Waals surface area contributed by atoms with Crippen LogP contribution < -0.4 is 15.1 Å². The van der Waals surface area contributed by atoms with Crippen LogP contribution in [-0.2, 0) is 4.74 Å². The first-order chi connectivity index (χ1) is 12.7. The molecule has 1 aliphatic heterocycles. The van der Waals surface area contributed by atoms with Crippen LogP contribution in [-0.4, -0.2) is 72.3 Å². The lowest BCUT2D eigenvalue weighted by Crippen LogP contribution is -2.47. The highest BCUT2D eigenvalue weighted by atomic mass is 16.5. The van der Waals surface area contributed by atoms with E-state index in [9.17, 15) is 4.79 Å². The molecule has 2 aromatic heterocycles. The summed E-state index contributed by atoms with van der Waals surface area (Å²) in [5.74, 6) is 1.09. The van der Waals surface area contributed by atoms with Crippen molar-refractivity contribution in [2.75, 3.05) is 56.2 Å². The zero-order chi connectivity index (χ0) is 18.4. The minimum absolute atomic E-state index is 0.217. The van der Waals surface area contributed by atoms with Gasteiger partial charge in [-0.05, 0) is 19.1 Å². The summed E-state index contributed by atoms with van der Waals surface area (Å²) < 4.78 is 4.95. The van der Waals surface area contributed by atoms with Gasteiger partial charge in [0.1, 0.15) is 5.69 Å². The smallest absolute Gasteiger partial charge is 0.270 e. The number of aromatic nitrogens is 4. The van der Waals surface area contributed by atoms with Gasteiger partial charge in [-0.1, -0.05) is 0 Å². The lowest BCUT2D eigenvalue weighted by molar-refractivity contribution is 0.0932. The number of hydrogen-bond acceptors (Lipinski definition) is 8. The molecular weight excluding hydrogens is 334 g/mol. The van der Waals surface area contributed by atoms with Crippen LogP contribution in [0.1, 0.15) is 16.2 Å². The van der Waals surface area contributed by atoms with Crippen molar-refractivity contribution < 1.29 is 9.53 Å². The quantitative estimate of drug-likeness (QED) is 0.737. The zero-order valence-corrected chi connectivity index (χ0v) is 15.1. The third kappa shape index (κ3) is 4.42. The number of carbonyl (C=O) groups is 1. The molecule has 1 N–H and O–H groups in total. The first-order valence-corrected chi connectivity index (χ1v) is 8.57. The maximum absolute atomic E-state index is 12.2. The van der Waals surface area contributed by atoms with E-state index in [4.69, 9.17) is 4.74 Å². The summed E-state index contributed by atoms with van der Waals surface area (Å²) in [6.07, 6.45) is 3.49. The molecule has 2 aromatic rings. The van der Waals surface area contributed by atoms with Gasteiger partial charge in [-0.2, -0.15) is 0 Å².